The number of carbonyl (C=O) groups excluding carboxylic acids is 1. The molecule has 0 aliphatic carbocycles. The highest BCUT2D eigenvalue weighted by molar-refractivity contribution is 8.00. The van der Waals surface area contributed by atoms with Gasteiger partial charge in [-0.15, -0.1) is 11.8 Å². The first-order chi connectivity index (χ1) is 13.9. The van der Waals surface area contributed by atoms with Crippen LogP contribution in [0.15, 0.2) is 32.7 Å². The summed E-state index contributed by atoms with van der Waals surface area (Å²) >= 11 is 0.816. The van der Waals surface area contributed by atoms with Crippen LogP contribution in [0.2, 0.25) is 0 Å². The van der Waals surface area contributed by atoms with Crippen molar-refractivity contribution in [3.05, 3.63) is 56.1 Å². The Hall–Kier alpha value is -3.07. The number of benzene rings is 1. The van der Waals surface area contributed by atoms with Crippen LogP contribution in [0.1, 0.15) is 25.1 Å². The Bertz CT molecular complexity index is 1150. The van der Waals surface area contributed by atoms with Gasteiger partial charge in [0.05, 0.1) is 17.9 Å². The smallest absolute Gasteiger partial charge is 0.431 e. The van der Waals surface area contributed by atoms with Gasteiger partial charge >= 0.3 is 17.8 Å². The normalized spacial score (nSPS) is 12.3. The molecule has 1 aromatic heterocycles. The predicted molar refractivity (Wildman–Crippen MR) is 98.9 cm³/mol. The van der Waals surface area contributed by atoms with Crippen LogP contribution in [0.5, 0.6) is 0 Å². The molecule has 0 N–H and O–H groups in total. The number of thioether (sulfide) groups is 1. The monoisotopic (exact) mass is 445 g/mol. The maximum absolute atomic E-state index is 14.6. The van der Waals surface area contributed by atoms with Gasteiger partial charge in [0.25, 0.3) is 5.56 Å². The molecule has 0 aliphatic heterocycles. The first-order valence-corrected chi connectivity index (χ1v) is 9.27. The third-order valence-electron chi connectivity index (χ3n) is 3.94. The first kappa shape index (κ1) is 23.2. The quantitative estimate of drug-likeness (QED) is 0.399. The Balaban J connectivity index is 2.69. The van der Waals surface area contributed by atoms with E-state index >= 15 is 0 Å². The van der Waals surface area contributed by atoms with E-state index in [0.717, 1.165) is 30.9 Å². The molecule has 0 spiro atoms. The molecule has 1 atom stereocenters. The van der Waals surface area contributed by atoms with Gasteiger partial charge < -0.3 is 4.74 Å². The zero-order valence-corrected chi connectivity index (χ0v) is 16.7. The summed E-state index contributed by atoms with van der Waals surface area (Å²) in [6.45, 7) is 3.18. The Labute approximate surface area is 171 Å². The lowest BCUT2D eigenvalue weighted by atomic mass is 10.2. The zero-order chi connectivity index (χ0) is 22.8. The van der Waals surface area contributed by atoms with Crippen LogP contribution in [0.4, 0.5) is 17.6 Å². The number of hydrogen-bond acceptors (Lipinski definition) is 6. The van der Waals surface area contributed by atoms with Gasteiger partial charge in [-0.3, -0.25) is 14.2 Å². The number of halogens is 4. The zero-order valence-electron chi connectivity index (χ0n) is 15.9. The minimum atomic E-state index is -4.97. The lowest BCUT2D eigenvalue weighted by Gasteiger charge is -2.16. The van der Waals surface area contributed by atoms with E-state index < -0.39 is 45.8 Å². The van der Waals surface area contributed by atoms with E-state index in [4.69, 9.17) is 4.74 Å². The lowest BCUT2D eigenvalue weighted by Crippen LogP contribution is -2.41. The summed E-state index contributed by atoms with van der Waals surface area (Å²) in [6.07, 6.45) is -4.97. The Morgan fingerprint density at radius 2 is 1.93 bits per heavy atom. The average molecular weight is 445 g/mol. The number of rotatable bonds is 5. The van der Waals surface area contributed by atoms with Crippen molar-refractivity contribution in [2.24, 2.45) is 7.05 Å². The molecular formula is C18H15F4N3O4S. The molecule has 1 unspecified atom stereocenters. The maximum Gasteiger partial charge on any atom is 0.431 e. The van der Waals surface area contributed by atoms with Crippen LogP contribution in [-0.4, -0.2) is 27.0 Å². The molecule has 0 fully saturated rings. The molecule has 2 rings (SSSR count). The molecule has 0 saturated heterocycles. The van der Waals surface area contributed by atoms with Gasteiger partial charge in [0.1, 0.15) is 22.8 Å². The summed E-state index contributed by atoms with van der Waals surface area (Å²) in [7, 11) is 0.793. The molecule has 160 valence electrons. The van der Waals surface area contributed by atoms with Crippen molar-refractivity contribution in [3.8, 4) is 11.8 Å². The molecule has 0 amide bonds. The molecule has 1 heterocycles. The van der Waals surface area contributed by atoms with Crippen LogP contribution in [0.25, 0.3) is 5.69 Å². The average Bonchev–Trinajstić information content (AvgIpc) is 2.65. The van der Waals surface area contributed by atoms with Gasteiger partial charge in [-0.25, -0.2) is 13.8 Å². The second-order valence-electron chi connectivity index (χ2n) is 5.97. The first-order valence-electron chi connectivity index (χ1n) is 8.39. The molecule has 0 bridgehead atoms. The fourth-order valence-electron chi connectivity index (χ4n) is 2.52. The van der Waals surface area contributed by atoms with E-state index in [1.807, 2.05) is 0 Å². The molecule has 0 saturated carbocycles. The van der Waals surface area contributed by atoms with E-state index in [-0.39, 0.29) is 32.3 Å². The van der Waals surface area contributed by atoms with Gasteiger partial charge in [-0.1, -0.05) is 0 Å². The number of nitriles is 1. The van der Waals surface area contributed by atoms with Gasteiger partial charge in [-0.05, 0) is 26.0 Å². The predicted octanol–water partition coefficient (Wildman–Crippen LogP) is 2.61. The topological polar surface area (TPSA) is 94.1 Å². The van der Waals surface area contributed by atoms with E-state index in [9.17, 15) is 37.2 Å². The van der Waals surface area contributed by atoms with Crippen LogP contribution < -0.4 is 11.2 Å². The fraction of sp³-hybridized carbons (Fsp3) is 0.333. The van der Waals surface area contributed by atoms with E-state index in [1.165, 1.54) is 6.92 Å². The summed E-state index contributed by atoms with van der Waals surface area (Å²) < 4.78 is 58.8. The number of esters is 1. The highest BCUT2D eigenvalue weighted by atomic mass is 32.2. The molecule has 1 aromatic carbocycles. The van der Waals surface area contributed by atoms with Crippen LogP contribution in [0.3, 0.4) is 0 Å². The second kappa shape index (κ2) is 8.74. The number of hydrogen-bond donors (Lipinski definition) is 0. The highest BCUT2D eigenvalue weighted by Gasteiger charge is 2.35. The van der Waals surface area contributed by atoms with Crippen molar-refractivity contribution in [1.29, 1.82) is 5.26 Å². The van der Waals surface area contributed by atoms with Gasteiger partial charge in [0.2, 0.25) is 0 Å². The number of aromatic nitrogens is 2. The van der Waals surface area contributed by atoms with Crippen molar-refractivity contribution in [2.45, 2.75) is 30.2 Å². The lowest BCUT2D eigenvalue weighted by molar-refractivity contribution is -0.144. The maximum atomic E-state index is 14.6. The second-order valence-corrected chi connectivity index (χ2v) is 7.35. The fourth-order valence-corrected chi connectivity index (χ4v) is 3.47. The molecule has 7 nitrogen and oxygen atoms in total. The third-order valence-corrected chi connectivity index (χ3v) is 5.08. The number of ether oxygens (including phenoxy) is 1. The molecular weight excluding hydrogens is 430 g/mol. The largest absolute Gasteiger partial charge is 0.465 e. The van der Waals surface area contributed by atoms with E-state index in [2.05, 4.69) is 0 Å². The third kappa shape index (κ3) is 4.56. The summed E-state index contributed by atoms with van der Waals surface area (Å²) in [4.78, 5) is 36.5. The Morgan fingerprint density at radius 1 is 1.30 bits per heavy atom. The van der Waals surface area contributed by atoms with E-state index in [0.29, 0.717) is 0 Å². The number of nitrogens with zero attached hydrogens (tertiary/aromatic N) is 3. The number of carbonyl (C=O) groups is 1. The van der Waals surface area contributed by atoms with Crippen molar-refractivity contribution in [2.75, 3.05) is 6.61 Å². The van der Waals surface area contributed by atoms with E-state index in [1.54, 1.807) is 13.0 Å². The van der Waals surface area contributed by atoms with Crippen LogP contribution in [0, 0.1) is 17.1 Å². The minimum absolute atomic E-state index is 0.0447. The Kier molecular flexibility index (Phi) is 6.77. The van der Waals surface area contributed by atoms with Crippen molar-refractivity contribution < 1.29 is 27.1 Å². The highest BCUT2D eigenvalue weighted by Crippen LogP contribution is 2.31. The Morgan fingerprint density at radius 3 is 2.47 bits per heavy atom. The molecule has 30 heavy (non-hydrogen) atoms. The molecule has 12 heteroatoms. The van der Waals surface area contributed by atoms with Crippen LogP contribution in [-0.2, 0) is 22.8 Å². The summed E-state index contributed by atoms with van der Waals surface area (Å²) in [5, 5.41) is 8.42. The summed E-state index contributed by atoms with van der Waals surface area (Å²) in [6, 6.07) is 3.60. The van der Waals surface area contributed by atoms with Crippen molar-refractivity contribution in [1.82, 2.24) is 9.13 Å². The minimum Gasteiger partial charge on any atom is -0.465 e. The van der Waals surface area contributed by atoms with Gasteiger partial charge in [0.15, 0.2) is 0 Å². The standard InChI is InChI=1S/C18H15F4N3O4S/c1-4-29-16(27)9(2)30-13-6-12(11(19)5-10(13)8-23)25-15(26)7-14(18(20,21)22)24(3)17(25)28/h5-7,9H,4H2,1-3H3. The van der Waals surface area contributed by atoms with Crippen LogP contribution >= 0.6 is 11.8 Å². The number of alkyl halides is 3. The summed E-state index contributed by atoms with van der Waals surface area (Å²) in [5.74, 6) is -1.78. The van der Waals surface area contributed by atoms with Gasteiger partial charge in [0, 0.05) is 18.0 Å². The molecule has 0 aliphatic rings. The van der Waals surface area contributed by atoms with Gasteiger partial charge in [-0.2, -0.15) is 18.4 Å². The molecule has 2 aromatic rings. The van der Waals surface area contributed by atoms with Crippen molar-refractivity contribution >= 4 is 17.7 Å². The summed E-state index contributed by atoms with van der Waals surface area (Å²) in [5.41, 5.74) is -5.15. The molecule has 0 radical (unpaired) electrons. The SMILES string of the molecule is CCOC(=O)C(C)Sc1cc(-n2c(=O)cc(C(F)(F)F)n(C)c2=O)c(F)cc1C#N. The van der Waals surface area contributed by atoms with Crippen molar-refractivity contribution in [3.63, 3.8) is 0 Å².